The van der Waals surface area contributed by atoms with Crippen molar-refractivity contribution >= 4 is 29.8 Å². The number of amides is 3. The molecule has 0 atom stereocenters. The molecule has 0 unspecified atom stereocenters. The SMILES string of the molecule is CCOc1ccccc1/C=C1/NC(=O)N(/C=C2/C(=O)Oc3ccccc3C2=O)C1=O. The molecule has 2 heterocycles. The van der Waals surface area contributed by atoms with E-state index in [9.17, 15) is 19.2 Å². The number of nitrogens with zero attached hydrogens (tertiary/aromatic N) is 1. The number of carbonyl (C=O) groups excluding carboxylic acids is 4. The maximum atomic E-state index is 12.7. The van der Waals surface area contributed by atoms with Gasteiger partial charge in [-0.15, -0.1) is 0 Å². The third-order valence-corrected chi connectivity index (χ3v) is 4.49. The van der Waals surface area contributed by atoms with Crippen molar-refractivity contribution in [3.63, 3.8) is 0 Å². The molecule has 0 radical (unpaired) electrons. The van der Waals surface area contributed by atoms with Crippen LogP contribution in [0.5, 0.6) is 11.5 Å². The van der Waals surface area contributed by atoms with Gasteiger partial charge < -0.3 is 14.8 Å². The lowest BCUT2D eigenvalue weighted by atomic mass is 10.0. The summed E-state index contributed by atoms with van der Waals surface area (Å²) in [6.07, 6.45) is 2.38. The van der Waals surface area contributed by atoms with Crippen molar-refractivity contribution in [2.45, 2.75) is 6.92 Å². The quantitative estimate of drug-likeness (QED) is 0.276. The predicted molar refractivity (Wildman–Crippen MR) is 105 cm³/mol. The molecule has 30 heavy (non-hydrogen) atoms. The van der Waals surface area contributed by atoms with E-state index in [1.807, 2.05) is 6.92 Å². The largest absolute Gasteiger partial charge is 0.493 e. The molecule has 150 valence electrons. The maximum absolute atomic E-state index is 12.7. The second-order valence-electron chi connectivity index (χ2n) is 6.39. The van der Waals surface area contributed by atoms with Gasteiger partial charge >= 0.3 is 12.0 Å². The second-order valence-corrected chi connectivity index (χ2v) is 6.39. The Morgan fingerprint density at radius 3 is 2.57 bits per heavy atom. The molecule has 2 aromatic rings. The van der Waals surface area contributed by atoms with Crippen molar-refractivity contribution in [3.8, 4) is 11.5 Å². The summed E-state index contributed by atoms with van der Waals surface area (Å²) < 4.78 is 10.7. The first-order valence-electron chi connectivity index (χ1n) is 9.15. The van der Waals surface area contributed by atoms with E-state index in [2.05, 4.69) is 5.32 Å². The number of nitrogens with one attached hydrogen (secondary N) is 1. The lowest BCUT2D eigenvalue weighted by Gasteiger charge is -2.17. The summed E-state index contributed by atoms with van der Waals surface area (Å²) in [6, 6.07) is 12.5. The highest BCUT2D eigenvalue weighted by Crippen LogP contribution is 2.28. The molecule has 3 amide bonds. The van der Waals surface area contributed by atoms with Gasteiger partial charge in [-0.25, -0.2) is 14.5 Å². The highest BCUT2D eigenvalue weighted by atomic mass is 16.5. The van der Waals surface area contributed by atoms with Crippen LogP contribution in [0.1, 0.15) is 22.8 Å². The zero-order valence-corrected chi connectivity index (χ0v) is 15.9. The van der Waals surface area contributed by atoms with E-state index < -0.39 is 29.3 Å². The predicted octanol–water partition coefficient (Wildman–Crippen LogP) is 2.66. The number of esters is 1. The Balaban J connectivity index is 1.66. The van der Waals surface area contributed by atoms with E-state index in [0.717, 1.165) is 6.20 Å². The summed E-state index contributed by atoms with van der Waals surface area (Å²) in [5, 5.41) is 2.44. The minimum absolute atomic E-state index is 0.0129. The Morgan fingerprint density at radius 2 is 1.77 bits per heavy atom. The van der Waals surface area contributed by atoms with Crippen LogP contribution in [0.2, 0.25) is 0 Å². The number of hydrogen-bond acceptors (Lipinski definition) is 6. The Morgan fingerprint density at radius 1 is 1.03 bits per heavy atom. The van der Waals surface area contributed by atoms with Crippen molar-refractivity contribution in [1.29, 1.82) is 0 Å². The van der Waals surface area contributed by atoms with Crippen LogP contribution in [0.25, 0.3) is 6.08 Å². The van der Waals surface area contributed by atoms with E-state index in [-0.39, 0.29) is 17.0 Å². The minimum Gasteiger partial charge on any atom is -0.493 e. The Kier molecular flexibility index (Phi) is 4.89. The first-order valence-corrected chi connectivity index (χ1v) is 9.15. The van der Waals surface area contributed by atoms with E-state index >= 15 is 0 Å². The molecule has 2 aliphatic rings. The average molecular weight is 404 g/mol. The van der Waals surface area contributed by atoms with E-state index in [4.69, 9.17) is 9.47 Å². The molecule has 2 aromatic carbocycles. The molecule has 1 fully saturated rings. The molecule has 0 bridgehead atoms. The molecule has 0 aromatic heterocycles. The van der Waals surface area contributed by atoms with Crippen LogP contribution in [0, 0.1) is 0 Å². The molecule has 8 heteroatoms. The number of imide groups is 1. The monoisotopic (exact) mass is 404 g/mol. The molecule has 4 rings (SSSR count). The number of para-hydroxylation sites is 2. The Labute approximate surface area is 171 Å². The third kappa shape index (κ3) is 3.35. The van der Waals surface area contributed by atoms with Crippen LogP contribution in [-0.4, -0.2) is 35.2 Å². The van der Waals surface area contributed by atoms with E-state index in [1.54, 1.807) is 36.4 Å². The second kappa shape index (κ2) is 7.67. The number of rotatable bonds is 4. The zero-order chi connectivity index (χ0) is 21.3. The summed E-state index contributed by atoms with van der Waals surface area (Å²) in [4.78, 5) is 50.7. The van der Waals surface area contributed by atoms with Crippen molar-refractivity contribution in [3.05, 3.63) is 77.1 Å². The number of urea groups is 1. The van der Waals surface area contributed by atoms with Gasteiger partial charge in [0.15, 0.2) is 0 Å². The molecule has 2 aliphatic heterocycles. The van der Waals surface area contributed by atoms with Crippen LogP contribution >= 0.6 is 0 Å². The topological polar surface area (TPSA) is 102 Å². The van der Waals surface area contributed by atoms with Crippen molar-refractivity contribution in [2.75, 3.05) is 6.61 Å². The van der Waals surface area contributed by atoms with Crippen LogP contribution in [0.4, 0.5) is 4.79 Å². The number of Topliss-reactive ketones (excluding diaryl/α,β-unsaturated/α-hetero) is 1. The maximum Gasteiger partial charge on any atom is 0.349 e. The molecular formula is C22H16N2O6. The van der Waals surface area contributed by atoms with Gasteiger partial charge in [-0.2, -0.15) is 0 Å². The van der Waals surface area contributed by atoms with Crippen LogP contribution in [-0.2, 0) is 9.59 Å². The third-order valence-electron chi connectivity index (χ3n) is 4.49. The van der Waals surface area contributed by atoms with Crippen LogP contribution in [0.15, 0.2) is 66.0 Å². The number of benzene rings is 2. The van der Waals surface area contributed by atoms with Crippen molar-refractivity contribution in [2.24, 2.45) is 0 Å². The highest BCUT2D eigenvalue weighted by Gasteiger charge is 2.37. The van der Waals surface area contributed by atoms with Crippen molar-refractivity contribution < 1.29 is 28.7 Å². The van der Waals surface area contributed by atoms with Gasteiger partial charge in [0.2, 0.25) is 5.78 Å². The van der Waals surface area contributed by atoms with Gasteiger partial charge in [0, 0.05) is 11.8 Å². The van der Waals surface area contributed by atoms with Crippen LogP contribution in [0.3, 0.4) is 0 Å². The molecular weight excluding hydrogens is 388 g/mol. The lowest BCUT2D eigenvalue weighted by molar-refractivity contribution is -0.130. The van der Waals surface area contributed by atoms with Gasteiger partial charge in [-0.05, 0) is 31.2 Å². The summed E-state index contributed by atoms with van der Waals surface area (Å²) in [5.74, 6) is -1.58. The molecule has 0 aliphatic carbocycles. The number of hydrogen-bond donors (Lipinski definition) is 1. The van der Waals surface area contributed by atoms with Crippen molar-refractivity contribution in [1.82, 2.24) is 10.2 Å². The number of ether oxygens (including phenoxy) is 2. The van der Waals surface area contributed by atoms with Gasteiger partial charge in [0.05, 0.1) is 12.2 Å². The summed E-state index contributed by atoms with van der Waals surface area (Å²) in [6.45, 7) is 2.27. The van der Waals surface area contributed by atoms with Crippen LogP contribution < -0.4 is 14.8 Å². The summed E-state index contributed by atoms with van der Waals surface area (Å²) >= 11 is 0. The summed E-state index contributed by atoms with van der Waals surface area (Å²) in [7, 11) is 0. The van der Waals surface area contributed by atoms with E-state index in [1.165, 1.54) is 18.2 Å². The fourth-order valence-electron chi connectivity index (χ4n) is 3.08. The first kappa shape index (κ1) is 19.1. The van der Waals surface area contributed by atoms with Gasteiger partial charge in [-0.3, -0.25) is 9.59 Å². The normalized spacial score (nSPS) is 18.5. The fraction of sp³-hybridized carbons (Fsp3) is 0.0909. The molecule has 8 nitrogen and oxygen atoms in total. The smallest absolute Gasteiger partial charge is 0.349 e. The fourth-order valence-corrected chi connectivity index (χ4v) is 3.08. The van der Waals surface area contributed by atoms with Gasteiger partial charge in [0.1, 0.15) is 22.8 Å². The number of fused-ring (bicyclic) bond motifs is 1. The molecule has 1 N–H and O–H groups in total. The Bertz CT molecular complexity index is 1150. The first-order chi connectivity index (χ1) is 14.5. The molecule has 0 saturated carbocycles. The van der Waals surface area contributed by atoms with Gasteiger partial charge in [0.25, 0.3) is 5.91 Å². The summed E-state index contributed by atoms with van der Waals surface area (Å²) in [5.41, 5.74) is 0.352. The number of ketones is 1. The average Bonchev–Trinajstić information content (AvgIpc) is 2.99. The Hall–Kier alpha value is -4.20. The zero-order valence-electron chi connectivity index (χ0n) is 15.9. The lowest BCUT2D eigenvalue weighted by Crippen LogP contribution is -2.31. The standard InChI is InChI=1S/C22H16N2O6/c1-2-29-17-9-5-3-7-13(17)11-16-20(26)24(22(28)23-16)12-15-19(25)14-8-4-6-10-18(14)30-21(15)27/h3-12H,2H2,1H3,(H,23,28)/b15-12+,16-11+. The van der Waals surface area contributed by atoms with E-state index in [0.29, 0.717) is 22.8 Å². The van der Waals surface area contributed by atoms with Gasteiger partial charge in [-0.1, -0.05) is 30.3 Å². The molecule has 0 spiro atoms. The highest BCUT2D eigenvalue weighted by molar-refractivity contribution is 6.28. The number of carbonyl (C=O) groups is 4. The molecule has 1 saturated heterocycles. The minimum atomic E-state index is -0.932.